The SMILES string of the molecule is CN(C(=O)c1cc(C2CCN(C(=O)c3cccn(C)c3=O)CC2)[nH]n1)c1ccccc1. The molecule has 1 aliphatic rings. The molecule has 0 radical (unpaired) electrons. The number of H-pyrrole nitrogens is 1. The molecule has 0 atom stereocenters. The molecule has 1 saturated heterocycles. The first-order valence-corrected chi connectivity index (χ1v) is 10.3. The van der Waals surface area contributed by atoms with Crippen LogP contribution in [-0.2, 0) is 7.05 Å². The summed E-state index contributed by atoms with van der Waals surface area (Å²) in [5, 5.41) is 7.22. The van der Waals surface area contributed by atoms with E-state index in [-0.39, 0.29) is 28.9 Å². The third-order valence-corrected chi connectivity index (χ3v) is 5.84. The number of carbonyl (C=O) groups is 2. The average Bonchev–Trinajstić information content (AvgIpc) is 3.30. The quantitative estimate of drug-likeness (QED) is 0.703. The topological polar surface area (TPSA) is 91.3 Å². The lowest BCUT2D eigenvalue weighted by molar-refractivity contribution is 0.0709. The lowest BCUT2D eigenvalue weighted by Gasteiger charge is -2.31. The van der Waals surface area contributed by atoms with Gasteiger partial charge in [0.25, 0.3) is 17.4 Å². The van der Waals surface area contributed by atoms with E-state index < -0.39 is 0 Å². The highest BCUT2D eigenvalue weighted by Crippen LogP contribution is 2.28. The number of benzene rings is 1. The number of rotatable bonds is 4. The predicted molar refractivity (Wildman–Crippen MR) is 117 cm³/mol. The van der Waals surface area contributed by atoms with E-state index in [9.17, 15) is 14.4 Å². The summed E-state index contributed by atoms with van der Waals surface area (Å²) in [5.41, 5.74) is 1.98. The van der Waals surface area contributed by atoms with E-state index in [2.05, 4.69) is 10.2 Å². The molecule has 160 valence electrons. The van der Waals surface area contributed by atoms with E-state index >= 15 is 0 Å². The highest BCUT2D eigenvalue weighted by Gasteiger charge is 2.28. The molecule has 1 N–H and O–H groups in total. The maximum Gasteiger partial charge on any atom is 0.278 e. The Morgan fingerprint density at radius 2 is 1.81 bits per heavy atom. The standard InChI is InChI=1S/C23H25N5O3/c1-26-12-6-9-18(21(26)29)22(30)28-13-10-16(11-14-28)19-15-20(25-24-19)23(31)27(2)17-7-4-3-5-8-17/h3-9,12,15-16H,10-11,13-14H2,1-2H3,(H,24,25). The fourth-order valence-electron chi connectivity index (χ4n) is 3.92. The summed E-state index contributed by atoms with van der Waals surface area (Å²) in [4.78, 5) is 41.0. The van der Waals surface area contributed by atoms with Crippen LogP contribution < -0.4 is 10.5 Å². The Bertz CT molecular complexity index is 1140. The Morgan fingerprint density at radius 1 is 1.10 bits per heavy atom. The summed E-state index contributed by atoms with van der Waals surface area (Å²) < 4.78 is 1.41. The van der Waals surface area contributed by atoms with Crippen LogP contribution in [0.3, 0.4) is 0 Å². The molecule has 2 amide bonds. The molecule has 1 aliphatic heterocycles. The van der Waals surface area contributed by atoms with Crippen LogP contribution in [0.1, 0.15) is 45.3 Å². The van der Waals surface area contributed by atoms with Gasteiger partial charge in [-0.05, 0) is 43.2 Å². The molecule has 8 heteroatoms. The van der Waals surface area contributed by atoms with E-state index in [0.717, 1.165) is 24.2 Å². The summed E-state index contributed by atoms with van der Waals surface area (Å²) in [6, 6.07) is 14.5. The van der Waals surface area contributed by atoms with Gasteiger partial charge >= 0.3 is 0 Å². The normalized spacial score (nSPS) is 14.5. The summed E-state index contributed by atoms with van der Waals surface area (Å²) in [6.45, 7) is 1.10. The van der Waals surface area contributed by atoms with Crippen molar-refractivity contribution in [1.29, 1.82) is 0 Å². The molecule has 3 heterocycles. The second-order valence-electron chi connectivity index (χ2n) is 7.81. The number of nitrogens with one attached hydrogen (secondary N) is 1. The van der Waals surface area contributed by atoms with Crippen LogP contribution in [0.4, 0.5) is 5.69 Å². The van der Waals surface area contributed by atoms with Crippen molar-refractivity contribution in [3.63, 3.8) is 0 Å². The Balaban J connectivity index is 1.40. The van der Waals surface area contributed by atoms with Crippen molar-refractivity contribution in [1.82, 2.24) is 19.7 Å². The molecule has 1 aromatic carbocycles. The Morgan fingerprint density at radius 3 is 2.52 bits per heavy atom. The molecule has 0 unspecified atom stereocenters. The summed E-state index contributed by atoms with van der Waals surface area (Å²) >= 11 is 0. The minimum absolute atomic E-state index is 0.179. The van der Waals surface area contributed by atoms with E-state index in [1.54, 1.807) is 48.3 Å². The van der Waals surface area contributed by atoms with E-state index in [1.807, 2.05) is 30.3 Å². The number of para-hydroxylation sites is 1. The number of aromatic nitrogens is 3. The molecule has 0 bridgehead atoms. The maximum absolute atomic E-state index is 12.8. The van der Waals surface area contributed by atoms with Crippen molar-refractivity contribution in [2.75, 3.05) is 25.0 Å². The first-order valence-electron chi connectivity index (χ1n) is 10.3. The van der Waals surface area contributed by atoms with Gasteiger partial charge in [-0.15, -0.1) is 0 Å². The van der Waals surface area contributed by atoms with Gasteiger partial charge < -0.3 is 14.4 Å². The monoisotopic (exact) mass is 419 g/mol. The molecule has 2 aromatic heterocycles. The number of hydrogen-bond acceptors (Lipinski definition) is 4. The summed E-state index contributed by atoms with van der Waals surface area (Å²) in [6.07, 6.45) is 3.12. The van der Waals surface area contributed by atoms with Gasteiger partial charge in [-0.3, -0.25) is 19.5 Å². The van der Waals surface area contributed by atoms with Crippen LogP contribution in [0.15, 0.2) is 59.5 Å². The second-order valence-corrected chi connectivity index (χ2v) is 7.81. The van der Waals surface area contributed by atoms with Gasteiger partial charge in [0.2, 0.25) is 0 Å². The van der Waals surface area contributed by atoms with Crippen LogP contribution in [-0.4, -0.2) is 51.6 Å². The van der Waals surface area contributed by atoms with Crippen molar-refractivity contribution >= 4 is 17.5 Å². The number of anilines is 1. The number of amides is 2. The molecule has 0 aliphatic carbocycles. The van der Waals surface area contributed by atoms with Crippen molar-refractivity contribution in [3.8, 4) is 0 Å². The zero-order valence-corrected chi connectivity index (χ0v) is 17.6. The molecule has 31 heavy (non-hydrogen) atoms. The largest absolute Gasteiger partial charge is 0.338 e. The minimum Gasteiger partial charge on any atom is -0.338 e. The molecule has 8 nitrogen and oxygen atoms in total. The van der Waals surface area contributed by atoms with Crippen LogP contribution >= 0.6 is 0 Å². The van der Waals surface area contributed by atoms with Gasteiger partial charge in [0, 0.05) is 50.7 Å². The van der Waals surface area contributed by atoms with Crippen molar-refractivity contribution < 1.29 is 9.59 Å². The predicted octanol–water partition coefficient (Wildman–Crippen LogP) is 2.40. The lowest BCUT2D eigenvalue weighted by Crippen LogP contribution is -2.40. The Labute approximate surface area is 180 Å². The van der Waals surface area contributed by atoms with Crippen molar-refractivity contribution in [2.45, 2.75) is 18.8 Å². The van der Waals surface area contributed by atoms with Crippen LogP contribution in [0.2, 0.25) is 0 Å². The number of aryl methyl sites for hydroxylation is 1. The molecule has 1 fully saturated rings. The first-order chi connectivity index (χ1) is 15.0. The highest BCUT2D eigenvalue weighted by molar-refractivity contribution is 6.04. The number of piperidine rings is 1. The van der Waals surface area contributed by atoms with E-state index in [0.29, 0.717) is 18.8 Å². The smallest absolute Gasteiger partial charge is 0.278 e. The number of likely N-dealkylation sites (tertiary alicyclic amines) is 1. The lowest BCUT2D eigenvalue weighted by atomic mass is 9.93. The van der Waals surface area contributed by atoms with Gasteiger partial charge in [0.1, 0.15) is 5.56 Å². The number of hydrogen-bond donors (Lipinski definition) is 1. The number of pyridine rings is 1. The molecular formula is C23H25N5O3. The van der Waals surface area contributed by atoms with Crippen molar-refractivity contribution in [2.24, 2.45) is 7.05 Å². The van der Waals surface area contributed by atoms with Gasteiger partial charge in [0.15, 0.2) is 5.69 Å². The zero-order valence-electron chi connectivity index (χ0n) is 17.6. The van der Waals surface area contributed by atoms with E-state index in [1.165, 1.54) is 4.57 Å². The van der Waals surface area contributed by atoms with Crippen LogP contribution in [0.5, 0.6) is 0 Å². The van der Waals surface area contributed by atoms with E-state index in [4.69, 9.17) is 0 Å². The van der Waals surface area contributed by atoms with Gasteiger partial charge in [0.05, 0.1) is 0 Å². The summed E-state index contributed by atoms with van der Waals surface area (Å²) in [7, 11) is 3.36. The third kappa shape index (κ3) is 4.14. The fraction of sp³-hybridized carbons (Fsp3) is 0.304. The number of nitrogens with zero attached hydrogens (tertiary/aromatic N) is 4. The second kappa shape index (κ2) is 8.59. The van der Waals surface area contributed by atoms with Crippen LogP contribution in [0.25, 0.3) is 0 Å². The molecule has 0 spiro atoms. The van der Waals surface area contributed by atoms with Crippen molar-refractivity contribution in [3.05, 3.63) is 82.0 Å². The first kappa shape index (κ1) is 20.6. The van der Waals surface area contributed by atoms with Gasteiger partial charge in [-0.1, -0.05) is 18.2 Å². The third-order valence-electron chi connectivity index (χ3n) is 5.84. The molecule has 4 rings (SSSR count). The number of aromatic amines is 1. The highest BCUT2D eigenvalue weighted by atomic mass is 16.2. The Hall–Kier alpha value is -3.68. The zero-order chi connectivity index (χ0) is 22.0. The maximum atomic E-state index is 12.8. The fourth-order valence-corrected chi connectivity index (χ4v) is 3.92. The Kier molecular flexibility index (Phi) is 5.70. The number of carbonyl (C=O) groups excluding carboxylic acids is 2. The molecular weight excluding hydrogens is 394 g/mol. The average molecular weight is 419 g/mol. The van der Waals surface area contributed by atoms with Gasteiger partial charge in [-0.2, -0.15) is 5.10 Å². The molecule has 0 saturated carbocycles. The minimum atomic E-state index is -0.283. The van der Waals surface area contributed by atoms with Gasteiger partial charge in [-0.25, -0.2) is 0 Å². The summed E-state index contributed by atoms with van der Waals surface area (Å²) in [5.74, 6) is -0.232. The molecule has 3 aromatic rings. The van der Waals surface area contributed by atoms with Crippen LogP contribution in [0, 0.1) is 0 Å².